The Morgan fingerprint density at radius 1 is 1.42 bits per heavy atom. The van der Waals surface area contributed by atoms with Crippen molar-refractivity contribution >= 4 is 39.3 Å². The molecule has 3 rings (SSSR count). The van der Waals surface area contributed by atoms with Gasteiger partial charge >= 0.3 is 0 Å². The molecule has 1 fully saturated rings. The summed E-state index contributed by atoms with van der Waals surface area (Å²) < 4.78 is 2.88. The third-order valence-corrected chi connectivity index (χ3v) is 3.50. The molecule has 1 aliphatic rings. The summed E-state index contributed by atoms with van der Waals surface area (Å²) in [6.45, 7) is 0. The van der Waals surface area contributed by atoms with Gasteiger partial charge in [-0.25, -0.2) is 9.97 Å². The van der Waals surface area contributed by atoms with Crippen LogP contribution in [0.5, 0.6) is 0 Å². The van der Waals surface area contributed by atoms with Gasteiger partial charge in [0, 0.05) is 22.8 Å². The SMILES string of the molecule is O=C(Nc1cc(Cl)ncn1)c1cc(Br)cn1C1CC1. The molecule has 0 saturated heterocycles. The number of rotatable bonds is 3. The number of hydrogen-bond acceptors (Lipinski definition) is 3. The maximum atomic E-state index is 12.2. The van der Waals surface area contributed by atoms with Gasteiger partial charge in [0.25, 0.3) is 5.91 Å². The molecule has 1 N–H and O–H groups in total. The first kappa shape index (κ1) is 12.6. The monoisotopic (exact) mass is 340 g/mol. The molecule has 0 bridgehead atoms. The van der Waals surface area contributed by atoms with Crippen LogP contribution < -0.4 is 5.32 Å². The molecule has 19 heavy (non-hydrogen) atoms. The molecule has 2 heterocycles. The fraction of sp³-hybridized carbons (Fsp3) is 0.250. The highest BCUT2D eigenvalue weighted by atomic mass is 79.9. The van der Waals surface area contributed by atoms with E-state index in [1.807, 2.05) is 10.8 Å². The molecule has 5 nitrogen and oxygen atoms in total. The Morgan fingerprint density at radius 3 is 2.89 bits per heavy atom. The molecule has 1 amide bonds. The zero-order valence-electron chi connectivity index (χ0n) is 9.81. The summed E-state index contributed by atoms with van der Waals surface area (Å²) in [6.07, 6.45) is 5.47. The molecule has 0 spiro atoms. The van der Waals surface area contributed by atoms with Crippen molar-refractivity contribution in [2.75, 3.05) is 5.32 Å². The van der Waals surface area contributed by atoms with Crippen LogP contribution in [0.2, 0.25) is 5.15 Å². The van der Waals surface area contributed by atoms with Gasteiger partial charge in [-0.2, -0.15) is 0 Å². The second-order valence-electron chi connectivity index (χ2n) is 4.36. The molecule has 2 aromatic rings. The highest BCUT2D eigenvalue weighted by Gasteiger charge is 2.27. The lowest BCUT2D eigenvalue weighted by Crippen LogP contribution is -2.17. The Balaban J connectivity index is 1.84. The number of carbonyl (C=O) groups excluding carboxylic acids is 1. The number of hydrogen-bond donors (Lipinski definition) is 1. The molecule has 2 aromatic heterocycles. The third kappa shape index (κ3) is 2.79. The molecular weight excluding hydrogens is 332 g/mol. The lowest BCUT2D eigenvalue weighted by Gasteiger charge is -2.07. The zero-order valence-corrected chi connectivity index (χ0v) is 12.1. The topological polar surface area (TPSA) is 59.8 Å². The number of nitrogens with zero attached hydrogens (tertiary/aromatic N) is 3. The predicted octanol–water partition coefficient (Wildman–Crippen LogP) is 3.28. The van der Waals surface area contributed by atoms with Crippen LogP contribution in [0.1, 0.15) is 29.4 Å². The second-order valence-corrected chi connectivity index (χ2v) is 5.67. The lowest BCUT2D eigenvalue weighted by atomic mass is 10.4. The van der Waals surface area contributed by atoms with Crippen molar-refractivity contribution in [3.63, 3.8) is 0 Å². The van der Waals surface area contributed by atoms with E-state index < -0.39 is 0 Å². The maximum absolute atomic E-state index is 12.2. The van der Waals surface area contributed by atoms with Crippen molar-refractivity contribution in [3.8, 4) is 0 Å². The van der Waals surface area contributed by atoms with Crippen molar-refractivity contribution in [2.45, 2.75) is 18.9 Å². The highest BCUT2D eigenvalue weighted by Crippen LogP contribution is 2.37. The molecule has 7 heteroatoms. The summed E-state index contributed by atoms with van der Waals surface area (Å²) in [4.78, 5) is 20.0. The van der Waals surface area contributed by atoms with E-state index in [4.69, 9.17) is 11.6 Å². The Kier molecular flexibility index (Phi) is 3.28. The summed E-state index contributed by atoms with van der Waals surface area (Å²) in [5.74, 6) is 0.192. The van der Waals surface area contributed by atoms with Crippen LogP contribution in [-0.2, 0) is 0 Å². The minimum atomic E-state index is -0.202. The van der Waals surface area contributed by atoms with Gasteiger partial charge in [0.15, 0.2) is 0 Å². The van der Waals surface area contributed by atoms with Gasteiger partial charge < -0.3 is 9.88 Å². The van der Waals surface area contributed by atoms with Crippen LogP contribution in [0, 0.1) is 0 Å². The van der Waals surface area contributed by atoms with Gasteiger partial charge in [-0.15, -0.1) is 0 Å². The fourth-order valence-electron chi connectivity index (χ4n) is 1.86. The van der Waals surface area contributed by atoms with Gasteiger partial charge in [-0.1, -0.05) is 11.6 Å². The van der Waals surface area contributed by atoms with Crippen LogP contribution in [-0.4, -0.2) is 20.4 Å². The smallest absolute Gasteiger partial charge is 0.273 e. The molecule has 0 radical (unpaired) electrons. The Morgan fingerprint density at radius 2 is 2.21 bits per heavy atom. The van der Waals surface area contributed by atoms with E-state index in [1.54, 1.807) is 6.07 Å². The second kappa shape index (κ2) is 4.94. The maximum Gasteiger partial charge on any atom is 0.273 e. The van der Waals surface area contributed by atoms with Gasteiger partial charge in [0.1, 0.15) is 23.0 Å². The summed E-state index contributed by atoms with van der Waals surface area (Å²) in [7, 11) is 0. The summed E-state index contributed by atoms with van der Waals surface area (Å²) in [5, 5.41) is 3.01. The highest BCUT2D eigenvalue weighted by molar-refractivity contribution is 9.10. The van der Waals surface area contributed by atoms with Crippen molar-refractivity contribution < 1.29 is 4.79 Å². The average molecular weight is 342 g/mol. The number of amides is 1. The fourth-order valence-corrected chi connectivity index (χ4v) is 2.45. The molecule has 0 aliphatic heterocycles. The number of aromatic nitrogens is 3. The van der Waals surface area contributed by atoms with E-state index >= 15 is 0 Å². The van der Waals surface area contributed by atoms with Crippen molar-refractivity contribution in [1.29, 1.82) is 0 Å². The lowest BCUT2D eigenvalue weighted by molar-refractivity contribution is 0.101. The molecule has 1 saturated carbocycles. The standard InChI is InChI=1S/C12H10BrClN4O/c13-7-3-9(18(5-7)8-1-2-8)12(19)17-11-4-10(14)15-6-16-11/h3-6,8H,1-2H2,(H,15,16,17,19). The van der Waals surface area contributed by atoms with Crippen LogP contribution >= 0.6 is 27.5 Å². The summed E-state index contributed by atoms with van der Waals surface area (Å²) in [5.41, 5.74) is 0.615. The quantitative estimate of drug-likeness (QED) is 0.872. The van der Waals surface area contributed by atoms with Crippen LogP contribution in [0.15, 0.2) is 29.1 Å². The van der Waals surface area contributed by atoms with Crippen LogP contribution in [0.4, 0.5) is 5.82 Å². The van der Waals surface area contributed by atoms with Gasteiger partial charge in [-0.3, -0.25) is 4.79 Å². The van der Waals surface area contributed by atoms with E-state index in [2.05, 4.69) is 31.2 Å². The van der Waals surface area contributed by atoms with E-state index in [-0.39, 0.29) is 5.91 Å². The average Bonchev–Trinajstić information content (AvgIpc) is 3.12. The number of carbonyl (C=O) groups is 1. The molecule has 0 atom stereocenters. The van der Waals surface area contributed by atoms with Crippen molar-refractivity contribution in [2.24, 2.45) is 0 Å². The molecular formula is C12H10BrClN4O. The van der Waals surface area contributed by atoms with Gasteiger partial charge in [0.05, 0.1) is 0 Å². The first-order chi connectivity index (χ1) is 9.13. The molecule has 98 valence electrons. The number of nitrogens with one attached hydrogen (secondary N) is 1. The van der Waals surface area contributed by atoms with E-state index in [0.29, 0.717) is 22.7 Å². The Hall–Kier alpha value is -1.40. The van der Waals surface area contributed by atoms with Crippen molar-refractivity contribution in [1.82, 2.24) is 14.5 Å². The summed E-state index contributed by atoms with van der Waals surface area (Å²) >= 11 is 9.15. The third-order valence-electron chi connectivity index (χ3n) is 2.86. The van der Waals surface area contributed by atoms with E-state index in [9.17, 15) is 4.79 Å². The van der Waals surface area contributed by atoms with Gasteiger partial charge in [-0.05, 0) is 34.8 Å². The first-order valence-corrected chi connectivity index (χ1v) is 6.97. The zero-order chi connectivity index (χ0) is 13.4. The molecule has 0 aromatic carbocycles. The van der Waals surface area contributed by atoms with Gasteiger partial charge in [0.2, 0.25) is 0 Å². The van der Waals surface area contributed by atoms with E-state index in [0.717, 1.165) is 17.3 Å². The largest absolute Gasteiger partial charge is 0.339 e. The minimum absolute atomic E-state index is 0.202. The Labute approximate surface area is 123 Å². The van der Waals surface area contributed by atoms with E-state index in [1.165, 1.54) is 12.4 Å². The molecule has 0 unspecified atom stereocenters. The van der Waals surface area contributed by atoms with Crippen molar-refractivity contribution in [3.05, 3.63) is 40.0 Å². The number of halogens is 2. The summed E-state index contributed by atoms with van der Waals surface area (Å²) in [6, 6.07) is 3.75. The first-order valence-electron chi connectivity index (χ1n) is 5.80. The Bertz CT molecular complexity index is 638. The number of anilines is 1. The normalized spacial score (nSPS) is 14.4. The molecule has 1 aliphatic carbocycles. The minimum Gasteiger partial charge on any atom is -0.339 e. The predicted molar refractivity (Wildman–Crippen MR) is 75.4 cm³/mol. The van der Waals surface area contributed by atoms with Crippen LogP contribution in [0.3, 0.4) is 0 Å². The van der Waals surface area contributed by atoms with Crippen LogP contribution in [0.25, 0.3) is 0 Å².